The minimum absolute atomic E-state index is 0.121. The number of aromatic nitrogens is 1. The van der Waals surface area contributed by atoms with Gasteiger partial charge in [0.05, 0.1) is 27.6 Å². The summed E-state index contributed by atoms with van der Waals surface area (Å²) in [6, 6.07) is 15.7. The SMILES string of the molecule is CNC(=O)c1ccc(C2C(C(=O)c3ccc(C)cc3)=C(O)C(=O)N2c2ncc(S(=O)(=O)c3ccc([N+](=O)[O-])cc3)s2)cc1. The van der Waals surface area contributed by atoms with E-state index >= 15 is 0 Å². The molecule has 218 valence electrons. The summed E-state index contributed by atoms with van der Waals surface area (Å²) in [7, 11) is -2.72. The van der Waals surface area contributed by atoms with Crippen LogP contribution in [-0.4, -0.2) is 48.1 Å². The molecule has 4 aromatic rings. The largest absolute Gasteiger partial charge is 0.503 e. The van der Waals surface area contributed by atoms with Gasteiger partial charge in [0, 0.05) is 30.3 Å². The number of nitrogens with one attached hydrogen (secondary N) is 1. The van der Waals surface area contributed by atoms with Crippen molar-refractivity contribution >= 4 is 49.6 Å². The highest BCUT2D eigenvalue weighted by atomic mass is 32.2. The third-order valence-electron chi connectivity index (χ3n) is 6.78. The van der Waals surface area contributed by atoms with Crippen LogP contribution in [0.5, 0.6) is 0 Å². The van der Waals surface area contributed by atoms with Crippen LogP contribution < -0.4 is 10.2 Å². The molecule has 2 heterocycles. The van der Waals surface area contributed by atoms with E-state index in [0.717, 1.165) is 40.9 Å². The second-order valence-electron chi connectivity index (χ2n) is 9.45. The molecule has 1 aromatic heterocycles. The third-order valence-corrected chi connectivity index (χ3v) is 10.0. The quantitative estimate of drug-likeness (QED) is 0.165. The first kappa shape index (κ1) is 29.3. The fraction of sp³-hybridized carbons (Fsp3) is 0.103. The molecule has 1 unspecified atom stereocenters. The predicted molar refractivity (Wildman–Crippen MR) is 156 cm³/mol. The normalized spacial score (nSPS) is 15.1. The van der Waals surface area contributed by atoms with Gasteiger partial charge in [-0.3, -0.25) is 29.4 Å². The third kappa shape index (κ3) is 5.29. The Kier molecular flexibility index (Phi) is 7.65. The lowest BCUT2D eigenvalue weighted by Crippen LogP contribution is -2.31. The first-order valence-electron chi connectivity index (χ1n) is 12.6. The van der Waals surface area contributed by atoms with Crippen LogP contribution in [0.15, 0.2) is 99.4 Å². The van der Waals surface area contributed by atoms with Gasteiger partial charge in [-0.1, -0.05) is 53.3 Å². The summed E-state index contributed by atoms with van der Waals surface area (Å²) in [5.41, 5.74) is 1.25. The number of rotatable bonds is 8. The molecule has 43 heavy (non-hydrogen) atoms. The molecule has 0 fully saturated rings. The van der Waals surface area contributed by atoms with E-state index in [1.165, 1.54) is 31.3 Å². The van der Waals surface area contributed by atoms with Gasteiger partial charge < -0.3 is 10.4 Å². The number of nitro groups is 1. The molecular formula is C29H22N4O8S2. The molecule has 1 aliphatic heterocycles. The van der Waals surface area contributed by atoms with Gasteiger partial charge in [0.25, 0.3) is 17.5 Å². The number of nitrogens with zero attached hydrogens (tertiary/aromatic N) is 3. The van der Waals surface area contributed by atoms with E-state index in [1.807, 2.05) is 6.92 Å². The lowest BCUT2D eigenvalue weighted by Gasteiger charge is -2.24. The molecule has 0 radical (unpaired) electrons. The standard InChI is InChI=1S/C29H22N4O8S2/c1-16-3-5-18(6-4-16)25(34)23-24(17-7-9-19(10-8-17)27(36)30-2)32(28(37)26(23)35)29-31-15-22(42-29)43(40,41)21-13-11-20(12-14-21)33(38)39/h3-15,24,35H,1-2H3,(H,30,36). The number of sulfone groups is 1. The number of aliphatic hydroxyl groups excluding tert-OH is 1. The molecule has 0 saturated carbocycles. The Morgan fingerprint density at radius 2 is 1.60 bits per heavy atom. The van der Waals surface area contributed by atoms with Crippen molar-refractivity contribution in [2.45, 2.75) is 22.1 Å². The van der Waals surface area contributed by atoms with Gasteiger partial charge in [-0.2, -0.15) is 0 Å². The zero-order valence-electron chi connectivity index (χ0n) is 22.5. The topological polar surface area (TPSA) is 177 Å². The van der Waals surface area contributed by atoms with Crippen LogP contribution in [0.4, 0.5) is 10.8 Å². The maximum atomic E-state index is 13.7. The molecule has 1 atom stereocenters. The van der Waals surface area contributed by atoms with Crippen molar-refractivity contribution in [3.63, 3.8) is 0 Å². The molecule has 14 heteroatoms. The molecule has 2 amide bonds. The van der Waals surface area contributed by atoms with Gasteiger partial charge in [0.15, 0.2) is 16.7 Å². The molecule has 0 aliphatic carbocycles. The highest BCUT2D eigenvalue weighted by Crippen LogP contribution is 2.44. The fourth-order valence-corrected chi connectivity index (χ4v) is 7.07. The predicted octanol–water partition coefficient (Wildman–Crippen LogP) is 4.34. The number of carbonyl (C=O) groups is 3. The smallest absolute Gasteiger partial charge is 0.296 e. The molecule has 5 rings (SSSR count). The van der Waals surface area contributed by atoms with E-state index in [2.05, 4.69) is 10.3 Å². The van der Waals surface area contributed by atoms with Crippen LogP contribution in [-0.2, 0) is 14.6 Å². The van der Waals surface area contributed by atoms with Crippen LogP contribution in [0.1, 0.15) is 37.9 Å². The van der Waals surface area contributed by atoms with Crippen LogP contribution >= 0.6 is 11.3 Å². The fourth-order valence-electron chi connectivity index (χ4n) is 4.52. The van der Waals surface area contributed by atoms with E-state index in [4.69, 9.17) is 0 Å². The van der Waals surface area contributed by atoms with Gasteiger partial charge in [-0.15, -0.1) is 0 Å². The number of amides is 2. The van der Waals surface area contributed by atoms with Gasteiger partial charge in [-0.25, -0.2) is 13.4 Å². The number of thiazole rings is 1. The number of benzene rings is 3. The molecule has 0 spiro atoms. The van der Waals surface area contributed by atoms with Gasteiger partial charge in [-0.05, 0) is 36.8 Å². The summed E-state index contributed by atoms with van der Waals surface area (Å²) < 4.78 is 26.3. The van der Waals surface area contributed by atoms with E-state index in [1.54, 1.807) is 24.3 Å². The number of ketones is 1. The van der Waals surface area contributed by atoms with Gasteiger partial charge in [0.1, 0.15) is 4.21 Å². The van der Waals surface area contributed by atoms with Crippen molar-refractivity contribution < 1.29 is 32.8 Å². The molecule has 0 bridgehead atoms. The number of hydrogen-bond acceptors (Lipinski definition) is 10. The lowest BCUT2D eigenvalue weighted by molar-refractivity contribution is -0.384. The number of Topliss-reactive ketones (excluding diaryl/α,β-unsaturated/α-hetero) is 1. The number of nitro benzene ring substituents is 1. The van der Waals surface area contributed by atoms with Crippen LogP contribution in [0.25, 0.3) is 0 Å². The second kappa shape index (κ2) is 11.2. The Balaban J connectivity index is 1.59. The average molecular weight is 619 g/mol. The summed E-state index contributed by atoms with van der Waals surface area (Å²) in [6.45, 7) is 1.84. The van der Waals surface area contributed by atoms with Crippen LogP contribution in [0.3, 0.4) is 0 Å². The molecule has 3 aromatic carbocycles. The van der Waals surface area contributed by atoms with E-state index in [9.17, 15) is 38.0 Å². The van der Waals surface area contributed by atoms with E-state index in [0.29, 0.717) is 22.5 Å². The van der Waals surface area contributed by atoms with Gasteiger partial charge >= 0.3 is 0 Å². The maximum Gasteiger partial charge on any atom is 0.296 e. The number of aliphatic hydroxyl groups is 1. The van der Waals surface area contributed by atoms with E-state index < -0.39 is 38.3 Å². The number of aryl methyl sites for hydroxylation is 1. The molecule has 2 N–H and O–H groups in total. The summed E-state index contributed by atoms with van der Waals surface area (Å²) in [4.78, 5) is 54.6. The van der Waals surface area contributed by atoms with Crippen LogP contribution in [0, 0.1) is 17.0 Å². The number of non-ortho nitro benzene ring substituents is 1. The highest BCUT2D eigenvalue weighted by Gasteiger charge is 2.46. The zero-order valence-corrected chi connectivity index (χ0v) is 24.2. The Labute approximate surface area is 249 Å². The van der Waals surface area contributed by atoms with Gasteiger partial charge in [0.2, 0.25) is 9.84 Å². The minimum atomic E-state index is -4.19. The van der Waals surface area contributed by atoms with E-state index in [-0.39, 0.29) is 37.0 Å². The molecule has 12 nitrogen and oxygen atoms in total. The number of anilines is 1. The summed E-state index contributed by atoms with van der Waals surface area (Å²) in [5.74, 6) is -2.77. The first-order chi connectivity index (χ1) is 20.4. The molecule has 0 saturated heterocycles. The maximum absolute atomic E-state index is 13.7. The second-order valence-corrected chi connectivity index (χ2v) is 12.6. The summed E-state index contributed by atoms with van der Waals surface area (Å²) >= 11 is 0.629. The Hall–Kier alpha value is -5.21. The Bertz CT molecular complexity index is 1910. The summed E-state index contributed by atoms with van der Waals surface area (Å²) in [6.07, 6.45) is 1.03. The first-order valence-corrected chi connectivity index (χ1v) is 14.9. The number of carbonyl (C=O) groups excluding carboxylic acids is 3. The lowest BCUT2D eigenvalue weighted by atomic mass is 9.92. The number of hydrogen-bond donors (Lipinski definition) is 2. The van der Waals surface area contributed by atoms with Crippen molar-refractivity contribution in [2.75, 3.05) is 11.9 Å². The Morgan fingerprint density at radius 1 is 1.00 bits per heavy atom. The molecular weight excluding hydrogens is 596 g/mol. The van der Waals surface area contributed by atoms with Crippen molar-refractivity contribution in [2.24, 2.45) is 0 Å². The monoisotopic (exact) mass is 618 g/mol. The zero-order chi connectivity index (χ0) is 31.1. The van der Waals surface area contributed by atoms with Crippen molar-refractivity contribution in [3.8, 4) is 0 Å². The molecule has 1 aliphatic rings. The average Bonchev–Trinajstić information content (AvgIpc) is 3.60. The Morgan fingerprint density at radius 3 is 2.19 bits per heavy atom. The van der Waals surface area contributed by atoms with Crippen LogP contribution in [0.2, 0.25) is 0 Å². The van der Waals surface area contributed by atoms with Crippen molar-refractivity contribution in [1.82, 2.24) is 10.3 Å². The minimum Gasteiger partial charge on any atom is -0.503 e. The highest BCUT2D eigenvalue weighted by molar-refractivity contribution is 7.93. The van der Waals surface area contributed by atoms with Crippen molar-refractivity contribution in [1.29, 1.82) is 0 Å². The summed E-state index contributed by atoms with van der Waals surface area (Å²) in [5, 5.41) is 24.4. The van der Waals surface area contributed by atoms with Crippen molar-refractivity contribution in [3.05, 3.63) is 123 Å².